The molecule has 1 aliphatic rings. The lowest BCUT2D eigenvalue weighted by Gasteiger charge is -2.17. The lowest BCUT2D eigenvalue weighted by Crippen LogP contribution is -2.28. The van der Waals surface area contributed by atoms with Crippen LogP contribution in [0.15, 0.2) is 42.5 Å². The number of anilines is 2. The molecule has 26 heavy (non-hydrogen) atoms. The first-order valence-electron chi connectivity index (χ1n) is 7.97. The number of aryl methyl sites for hydroxylation is 1. The quantitative estimate of drug-likeness (QED) is 0.672. The Bertz CT molecular complexity index is 883. The van der Waals surface area contributed by atoms with Crippen LogP contribution in [0.4, 0.5) is 21.5 Å². The molecule has 0 aromatic heterocycles. The molecule has 134 valence electrons. The van der Waals surface area contributed by atoms with Gasteiger partial charge in [0.2, 0.25) is 17.6 Å². The van der Waals surface area contributed by atoms with Crippen LogP contribution in [0.25, 0.3) is 0 Å². The molecule has 0 aliphatic carbocycles. The summed E-state index contributed by atoms with van der Waals surface area (Å²) >= 11 is 0. The van der Waals surface area contributed by atoms with E-state index in [0.717, 1.165) is 17.7 Å². The van der Waals surface area contributed by atoms with Crippen LogP contribution in [0, 0.1) is 28.8 Å². The van der Waals surface area contributed by atoms with E-state index in [-0.39, 0.29) is 24.6 Å². The first kappa shape index (κ1) is 17.5. The molecule has 0 bridgehead atoms. The van der Waals surface area contributed by atoms with Crippen molar-refractivity contribution in [2.45, 2.75) is 13.3 Å². The molecule has 1 saturated heterocycles. The Morgan fingerprint density at radius 1 is 1.27 bits per heavy atom. The number of nitrogens with one attached hydrogen (secondary N) is 1. The Morgan fingerprint density at radius 2 is 1.96 bits per heavy atom. The molecule has 0 radical (unpaired) electrons. The monoisotopic (exact) mass is 357 g/mol. The van der Waals surface area contributed by atoms with E-state index in [1.54, 1.807) is 0 Å². The molecule has 2 amide bonds. The van der Waals surface area contributed by atoms with Crippen LogP contribution in [-0.4, -0.2) is 23.3 Å². The van der Waals surface area contributed by atoms with Gasteiger partial charge in [-0.05, 0) is 31.2 Å². The van der Waals surface area contributed by atoms with E-state index in [1.807, 2.05) is 31.2 Å². The number of hydrogen-bond acceptors (Lipinski definition) is 4. The van der Waals surface area contributed by atoms with Gasteiger partial charge in [-0.2, -0.15) is 4.39 Å². The van der Waals surface area contributed by atoms with Crippen LogP contribution in [0.1, 0.15) is 12.0 Å². The molecular weight excluding hydrogens is 341 g/mol. The molecule has 3 rings (SSSR count). The number of nitro benzene ring substituents is 1. The van der Waals surface area contributed by atoms with E-state index in [1.165, 1.54) is 11.0 Å². The summed E-state index contributed by atoms with van der Waals surface area (Å²) in [6.07, 6.45) is 0.0446. The first-order chi connectivity index (χ1) is 12.3. The zero-order valence-corrected chi connectivity index (χ0v) is 13.9. The minimum atomic E-state index is -0.977. The van der Waals surface area contributed by atoms with Crippen molar-refractivity contribution < 1.29 is 18.9 Å². The van der Waals surface area contributed by atoms with Gasteiger partial charge in [0.15, 0.2) is 0 Å². The summed E-state index contributed by atoms with van der Waals surface area (Å²) in [5, 5.41) is 13.3. The van der Waals surface area contributed by atoms with Gasteiger partial charge in [-0.25, -0.2) is 0 Å². The predicted octanol–water partition coefficient (Wildman–Crippen LogP) is 3.03. The van der Waals surface area contributed by atoms with E-state index in [9.17, 15) is 24.1 Å². The van der Waals surface area contributed by atoms with Crippen molar-refractivity contribution in [2.75, 3.05) is 16.8 Å². The van der Waals surface area contributed by atoms with Crippen LogP contribution < -0.4 is 10.2 Å². The Labute approximate surface area is 148 Å². The second-order valence-electron chi connectivity index (χ2n) is 6.15. The normalized spacial score (nSPS) is 16.6. The maximum absolute atomic E-state index is 13.4. The SMILES string of the molecule is Cc1ccc(N2C[C@H](C(=O)Nc3ccc(F)c([N+](=O)[O-])c3)CC2=O)cc1. The molecule has 1 heterocycles. The molecule has 2 aromatic rings. The molecule has 1 atom stereocenters. The van der Waals surface area contributed by atoms with Crippen LogP contribution in [0.5, 0.6) is 0 Å². The smallest absolute Gasteiger partial charge is 0.306 e. The molecule has 1 N–H and O–H groups in total. The summed E-state index contributed by atoms with van der Waals surface area (Å²) in [4.78, 5) is 36.1. The topological polar surface area (TPSA) is 92.6 Å². The summed E-state index contributed by atoms with van der Waals surface area (Å²) in [7, 11) is 0. The van der Waals surface area contributed by atoms with Gasteiger partial charge < -0.3 is 10.2 Å². The third kappa shape index (κ3) is 3.53. The van der Waals surface area contributed by atoms with Crippen molar-refractivity contribution in [3.8, 4) is 0 Å². The molecular formula is C18H16FN3O4. The van der Waals surface area contributed by atoms with E-state index in [0.29, 0.717) is 5.69 Å². The standard InChI is InChI=1S/C18H16FN3O4/c1-11-2-5-14(6-3-11)21-10-12(8-17(21)23)18(24)20-13-4-7-15(19)16(9-13)22(25)26/h2-7,9,12H,8,10H2,1H3,(H,20,24)/t12-/m1/s1. The van der Waals surface area contributed by atoms with Crippen molar-refractivity contribution >= 4 is 28.9 Å². The second-order valence-corrected chi connectivity index (χ2v) is 6.15. The van der Waals surface area contributed by atoms with Crippen molar-refractivity contribution in [1.29, 1.82) is 0 Å². The fourth-order valence-corrected chi connectivity index (χ4v) is 2.83. The summed E-state index contributed by atoms with van der Waals surface area (Å²) in [5.74, 6) is -2.17. The lowest BCUT2D eigenvalue weighted by molar-refractivity contribution is -0.387. The Hall–Kier alpha value is -3.29. The second kappa shape index (κ2) is 6.91. The van der Waals surface area contributed by atoms with Gasteiger partial charge in [-0.1, -0.05) is 17.7 Å². The fourth-order valence-electron chi connectivity index (χ4n) is 2.83. The van der Waals surface area contributed by atoms with Gasteiger partial charge in [-0.3, -0.25) is 19.7 Å². The first-order valence-corrected chi connectivity index (χ1v) is 7.97. The van der Waals surface area contributed by atoms with Crippen molar-refractivity contribution in [2.24, 2.45) is 5.92 Å². The van der Waals surface area contributed by atoms with Gasteiger partial charge in [0, 0.05) is 30.4 Å². The maximum Gasteiger partial charge on any atom is 0.306 e. The van der Waals surface area contributed by atoms with Gasteiger partial charge in [0.1, 0.15) is 0 Å². The molecule has 8 heteroatoms. The van der Waals surface area contributed by atoms with Crippen LogP contribution in [-0.2, 0) is 9.59 Å². The number of rotatable bonds is 4. The number of nitro groups is 1. The Morgan fingerprint density at radius 3 is 2.62 bits per heavy atom. The minimum Gasteiger partial charge on any atom is -0.326 e. The fraction of sp³-hybridized carbons (Fsp3) is 0.222. The highest BCUT2D eigenvalue weighted by Crippen LogP contribution is 2.27. The van der Waals surface area contributed by atoms with E-state index in [2.05, 4.69) is 5.32 Å². The molecule has 0 unspecified atom stereocenters. The summed E-state index contributed by atoms with van der Waals surface area (Å²) in [6, 6.07) is 10.5. The van der Waals surface area contributed by atoms with E-state index >= 15 is 0 Å². The Kier molecular flexibility index (Phi) is 4.66. The predicted molar refractivity (Wildman–Crippen MR) is 93.3 cm³/mol. The number of hydrogen-bond donors (Lipinski definition) is 1. The van der Waals surface area contributed by atoms with Gasteiger partial charge >= 0.3 is 5.69 Å². The number of nitrogens with zero attached hydrogens (tertiary/aromatic N) is 2. The summed E-state index contributed by atoms with van der Waals surface area (Å²) < 4.78 is 13.4. The van der Waals surface area contributed by atoms with Crippen LogP contribution in [0.2, 0.25) is 0 Å². The van der Waals surface area contributed by atoms with E-state index in [4.69, 9.17) is 0 Å². The highest BCUT2D eigenvalue weighted by Gasteiger charge is 2.35. The number of benzene rings is 2. The van der Waals surface area contributed by atoms with Crippen molar-refractivity contribution in [1.82, 2.24) is 0 Å². The van der Waals surface area contributed by atoms with Gasteiger partial charge in [0.25, 0.3) is 0 Å². The highest BCUT2D eigenvalue weighted by atomic mass is 19.1. The van der Waals surface area contributed by atoms with Crippen LogP contribution >= 0.6 is 0 Å². The molecule has 0 saturated carbocycles. The average Bonchev–Trinajstić information content (AvgIpc) is 2.99. The average molecular weight is 357 g/mol. The maximum atomic E-state index is 13.4. The summed E-state index contributed by atoms with van der Waals surface area (Å²) in [5.41, 5.74) is 1.18. The summed E-state index contributed by atoms with van der Waals surface area (Å²) in [6.45, 7) is 2.16. The number of carbonyl (C=O) groups excluding carboxylic acids is 2. The Balaban J connectivity index is 1.71. The lowest BCUT2D eigenvalue weighted by atomic mass is 10.1. The molecule has 0 spiro atoms. The third-order valence-corrected chi connectivity index (χ3v) is 4.25. The zero-order chi connectivity index (χ0) is 18.8. The van der Waals surface area contributed by atoms with Crippen molar-refractivity contribution in [3.63, 3.8) is 0 Å². The molecule has 1 aliphatic heterocycles. The van der Waals surface area contributed by atoms with Crippen molar-refractivity contribution in [3.05, 3.63) is 64.0 Å². The number of carbonyl (C=O) groups is 2. The number of halogens is 1. The largest absolute Gasteiger partial charge is 0.326 e. The molecule has 2 aromatic carbocycles. The highest BCUT2D eigenvalue weighted by molar-refractivity contribution is 6.03. The van der Waals surface area contributed by atoms with Gasteiger partial charge in [-0.15, -0.1) is 0 Å². The zero-order valence-electron chi connectivity index (χ0n) is 13.9. The molecule has 1 fully saturated rings. The number of amides is 2. The minimum absolute atomic E-state index is 0.0446. The van der Waals surface area contributed by atoms with Crippen LogP contribution in [0.3, 0.4) is 0 Å². The third-order valence-electron chi connectivity index (χ3n) is 4.25. The molecule has 7 nitrogen and oxygen atoms in total. The van der Waals surface area contributed by atoms with E-state index < -0.39 is 28.3 Å². The van der Waals surface area contributed by atoms with Gasteiger partial charge in [0.05, 0.1) is 10.8 Å².